The van der Waals surface area contributed by atoms with E-state index in [4.69, 9.17) is 5.11 Å². The van der Waals surface area contributed by atoms with Gasteiger partial charge >= 0.3 is 17.8 Å². The van der Waals surface area contributed by atoms with Crippen molar-refractivity contribution < 1.29 is 32.3 Å². The standard InChI is InChI=1S/C4H2F4O3/c5-3(6,1-9)4(7,8)2(10)11/h1H,(H,10,11). The topological polar surface area (TPSA) is 54.4 Å². The van der Waals surface area contributed by atoms with E-state index in [-0.39, 0.29) is 0 Å². The first-order valence-electron chi connectivity index (χ1n) is 2.21. The fourth-order valence-corrected chi connectivity index (χ4v) is 0.217. The van der Waals surface area contributed by atoms with Crippen molar-refractivity contribution in [3.05, 3.63) is 0 Å². The van der Waals surface area contributed by atoms with Crippen molar-refractivity contribution >= 4 is 12.3 Å². The third-order valence-corrected chi connectivity index (χ3v) is 0.835. The molecule has 0 amide bonds. The fraction of sp³-hybridized carbons (Fsp3) is 0.500. The first kappa shape index (κ1) is 9.86. The first-order valence-corrected chi connectivity index (χ1v) is 2.21. The summed E-state index contributed by atoms with van der Waals surface area (Å²) < 4.78 is 46.9. The molecule has 0 rings (SSSR count). The highest BCUT2D eigenvalue weighted by molar-refractivity contribution is 5.82. The zero-order valence-corrected chi connectivity index (χ0v) is 4.85. The summed E-state index contributed by atoms with van der Waals surface area (Å²) in [5.41, 5.74) is 0. The van der Waals surface area contributed by atoms with Crippen LogP contribution in [0.2, 0.25) is 0 Å². The summed E-state index contributed by atoms with van der Waals surface area (Å²) >= 11 is 0. The maximum absolute atomic E-state index is 11.7. The minimum absolute atomic E-state index is 1.40. The van der Waals surface area contributed by atoms with Crippen molar-refractivity contribution in [3.63, 3.8) is 0 Å². The Morgan fingerprint density at radius 1 is 1.27 bits per heavy atom. The molecule has 0 bridgehead atoms. The van der Waals surface area contributed by atoms with Gasteiger partial charge in [0.2, 0.25) is 0 Å². The smallest absolute Gasteiger partial charge is 0.411 e. The number of carbonyl (C=O) groups excluding carboxylic acids is 1. The third-order valence-electron chi connectivity index (χ3n) is 0.835. The Hall–Kier alpha value is -1.14. The van der Waals surface area contributed by atoms with Gasteiger partial charge in [-0.25, -0.2) is 4.79 Å². The van der Waals surface area contributed by atoms with Crippen LogP contribution in [0.4, 0.5) is 17.6 Å². The van der Waals surface area contributed by atoms with E-state index >= 15 is 0 Å². The van der Waals surface area contributed by atoms with Crippen molar-refractivity contribution in [1.82, 2.24) is 0 Å². The number of carboxylic acid groups (broad SMARTS) is 1. The van der Waals surface area contributed by atoms with Gasteiger partial charge < -0.3 is 5.11 Å². The average Bonchev–Trinajstić information content (AvgIpc) is 1.87. The number of hydrogen-bond acceptors (Lipinski definition) is 2. The third kappa shape index (κ3) is 1.47. The fourth-order valence-electron chi connectivity index (χ4n) is 0.217. The number of rotatable bonds is 3. The predicted molar refractivity (Wildman–Crippen MR) is 23.6 cm³/mol. The molecule has 11 heavy (non-hydrogen) atoms. The van der Waals surface area contributed by atoms with Crippen LogP contribution in [0.5, 0.6) is 0 Å². The van der Waals surface area contributed by atoms with E-state index in [0.717, 1.165) is 0 Å². The highest BCUT2D eigenvalue weighted by Gasteiger charge is 2.62. The Morgan fingerprint density at radius 3 is 1.73 bits per heavy atom. The van der Waals surface area contributed by atoms with Crippen molar-refractivity contribution in [3.8, 4) is 0 Å². The van der Waals surface area contributed by atoms with Gasteiger partial charge in [0.1, 0.15) is 0 Å². The Labute approximate surface area is 57.6 Å². The molecule has 0 saturated heterocycles. The van der Waals surface area contributed by atoms with Crippen LogP contribution < -0.4 is 0 Å². The minimum atomic E-state index is -5.34. The molecule has 0 aliphatic rings. The van der Waals surface area contributed by atoms with Gasteiger partial charge in [0, 0.05) is 0 Å². The predicted octanol–water partition coefficient (Wildman–Crippen LogP) is 0.541. The first-order chi connectivity index (χ1) is 4.75. The molecule has 0 fully saturated rings. The van der Waals surface area contributed by atoms with Crippen molar-refractivity contribution in [2.45, 2.75) is 11.8 Å². The van der Waals surface area contributed by atoms with E-state index in [1.807, 2.05) is 0 Å². The number of carbonyl (C=O) groups is 2. The summed E-state index contributed by atoms with van der Waals surface area (Å²) in [5.74, 6) is -13.5. The maximum Gasteiger partial charge on any atom is 0.411 e. The molecule has 0 aliphatic heterocycles. The summed E-state index contributed by atoms with van der Waals surface area (Å²) in [6.07, 6.45) is -1.40. The molecular formula is C4H2F4O3. The monoisotopic (exact) mass is 174 g/mol. The number of alkyl halides is 4. The van der Waals surface area contributed by atoms with E-state index in [1.54, 1.807) is 0 Å². The van der Waals surface area contributed by atoms with E-state index in [2.05, 4.69) is 0 Å². The summed E-state index contributed by atoms with van der Waals surface area (Å²) in [6, 6.07) is 0. The molecule has 0 aromatic heterocycles. The van der Waals surface area contributed by atoms with Gasteiger partial charge in [0.05, 0.1) is 0 Å². The molecule has 7 heteroatoms. The Kier molecular flexibility index (Phi) is 2.22. The van der Waals surface area contributed by atoms with Crippen LogP contribution in [-0.4, -0.2) is 29.2 Å². The van der Waals surface area contributed by atoms with Crippen LogP contribution in [0, 0.1) is 0 Å². The molecule has 0 saturated carbocycles. The van der Waals surface area contributed by atoms with E-state index in [0.29, 0.717) is 0 Å². The van der Waals surface area contributed by atoms with E-state index < -0.39 is 24.1 Å². The number of aldehydes is 1. The number of carboxylic acids is 1. The van der Waals surface area contributed by atoms with Gasteiger partial charge in [-0.15, -0.1) is 0 Å². The lowest BCUT2D eigenvalue weighted by Crippen LogP contribution is -2.48. The van der Waals surface area contributed by atoms with Gasteiger partial charge in [-0.1, -0.05) is 0 Å². The van der Waals surface area contributed by atoms with Gasteiger partial charge in [-0.2, -0.15) is 17.6 Å². The molecule has 0 radical (unpaired) electrons. The molecule has 3 nitrogen and oxygen atoms in total. The number of halogens is 4. The molecule has 64 valence electrons. The van der Waals surface area contributed by atoms with Crippen LogP contribution in [0.15, 0.2) is 0 Å². The summed E-state index contributed by atoms with van der Waals surface area (Å²) in [6.45, 7) is 0. The second-order valence-corrected chi connectivity index (χ2v) is 1.62. The van der Waals surface area contributed by atoms with Crippen molar-refractivity contribution in [1.29, 1.82) is 0 Å². The minimum Gasteiger partial charge on any atom is -0.477 e. The highest BCUT2D eigenvalue weighted by Crippen LogP contribution is 2.32. The molecule has 0 unspecified atom stereocenters. The SMILES string of the molecule is O=CC(F)(F)C(F)(F)C(=O)O. The molecule has 1 N–H and O–H groups in total. The Bertz CT molecular complexity index is 188. The summed E-state index contributed by atoms with van der Waals surface area (Å²) in [5, 5.41) is 7.52. The van der Waals surface area contributed by atoms with Crippen LogP contribution in [0.25, 0.3) is 0 Å². The van der Waals surface area contributed by atoms with E-state index in [9.17, 15) is 27.2 Å². The van der Waals surface area contributed by atoms with Gasteiger partial charge in [0.25, 0.3) is 0 Å². The lowest BCUT2D eigenvalue weighted by molar-refractivity contribution is -0.215. The number of hydrogen-bond donors (Lipinski definition) is 1. The molecule has 0 atom stereocenters. The highest BCUT2D eigenvalue weighted by atomic mass is 19.3. The number of aliphatic carboxylic acids is 1. The van der Waals surface area contributed by atoms with Crippen LogP contribution in [-0.2, 0) is 9.59 Å². The van der Waals surface area contributed by atoms with E-state index in [1.165, 1.54) is 0 Å². The maximum atomic E-state index is 11.7. The summed E-state index contributed by atoms with van der Waals surface area (Å²) in [7, 11) is 0. The van der Waals surface area contributed by atoms with Crippen LogP contribution in [0.1, 0.15) is 0 Å². The molecule has 0 aromatic carbocycles. The lowest BCUT2D eigenvalue weighted by atomic mass is 10.2. The van der Waals surface area contributed by atoms with Gasteiger partial charge in [0.15, 0.2) is 6.29 Å². The van der Waals surface area contributed by atoms with Gasteiger partial charge in [-0.3, -0.25) is 4.79 Å². The molecule has 0 aromatic rings. The zero-order chi connectivity index (χ0) is 9.28. The molecule has 0 heterocycles. The molecule has 0 aliphatic carbocycles. The van der Waals surface area contributed by atoms with Crippen molar-refractivity contribution in [2.75, 3.05) is 0 Å². The van der Waals surface area contributed by atoms with Gasteiger partial charge in [-0.05, 0) is 0 Å². The Morgan fingerprint density at radius 2 is 1.64 bits per heavy atom. The quantitative estimate of drug-likeness (QED) is 0.501. The molecular weight excluding hydrogens is 172 g/mol. The second-order valence-electron chi connectivity index (χ2n) is 1.62. The van der Waals surface area contributed by atoms with Crippen molar-refractivity contribution in [2.24, 2.45) is 0 Å². The normalized spacial score (nSPS) is 12.7. The second kappa shape index (κ2) is 2.48. The lowest BCUT2D eigenvalue weighted by Gasteiger charge is -2.16. The Balaban J connectivity index is 4.81. The zero-order valence-electron chi connectivity index (χ0n) is 4.85. The average molecular weight is 174 g/mol. The summed E-state index contributed by atoms with van der Waals surface area (Å²) in [4.78, 5) is 18.7. The largest absolute Gasteiger partial charge is 0.477 e. The van der Waals surface area contributed by atoms with Crippen LogP contribution >= 0.6 is 0 Å². The van der Waals surface area contributed by atoms with Crippen LogP contribution in [0.3, 0.4) is 0 Å². The molecule has 0 spiro atoms.